The summed E-state index contributed by atoms with van der Waals surface area (Å²) in [6.45, 7) is 1.82. The number of hydrogen-bond acceptors (Lipinski definition) is 6. The number of ether oxygens (including phenoxy) is 2. The van der Waals surface area contributed by atoms with Gasteiger partial charge in [-0.1, -0.05) is 0 Å². The molecule has 0 atom stereocenters. The van der Waals surface area contributed by atoms with Crippen LogP contribution >= 0.6 is 0 Å². The van der Waals surface area contributed by atoms with Gasteiger partial charge in [-0.3, -0.25) is 0 Å². The molecule has 1 aromatic rings. The fraction of sp³-hybridized carbons (Fsp3) is 0.545. The molecule has 6 heteroatoms. The molecule has 2 heterocycles. The Balaban J connectivity index is 2.34. The Morgan fingerprint density at radius 1 is 1.29 bits per heavy atom. The van der Waals surface area contributed by atoms with Crippen molar-refractivity contribution in [2.24, 2.45) is 0 Å². The SMILES string of the molecule is COC(=O)c1cc(OC)nc(N2CCCC2)n1. The number of nitrogens with zero attached hydrogens (tertiary/aromatic N) is 3. The van der Waals surface area contributed by atoms with Gasteiger partial charge in [-0.25, -0.2) is 9.78 Å². The smallest absolute Gasteiger partial charge is 0.357 e. The fourth-order valence-electron chi connectivity index (χ4n) is 1.79. The second kappa shape index (κ2) is 4.99. The van der Waals surface area contributed by atoms with Gasteiger partial charge in [0.1, 0.15) is 0 Å². The van der Waals surface area contributed by atoms with Crippen molar-refractivity contribution < 1.29 is 14.3 Å². The highest BCUT2D eigenvalue weighted by Crippen LogP contribution is 2.19. The molecule has 17 heavy (non-hydrogen) atoms. The zero-order valence-corrected chi connectivity index (χ0v) is 9.97. The van der Waals surface area contributed by atoms with E-state index in [0.717, 1.165) is 25.9 Å². The second-order valence-corrected chi connectivity index (χ2v) is 3.78. The maximum Gasteiger partial charge on any atom is 0.357 e. The highest BCUT2D eigenvalue weighted by molar-refractivity contribution is 5.87. The van der Waals surface area contributed by atoms with E-state index in [4.69, 9.17) is 4.74 Å². The molecule has 0 spiro atoms. The van der Waals surface area contributed by atoms with E-state index in [9.17, 15) is 4.79 Å². The van der Waals surface area contributed by atoms with Crippen molar-refractivity contribution in [1.82, 2.24) is 9.97 Å². The summed E-state index contributed by atoms with van der Waals surface area (Å²) in [7, 11) is 2.84. The first-order chi connectivity index (χ1) is 8.24. The lowest BCUT2D eigenvalue weighted by Gasteiger charge is -2.16. The van der Waals surface area contributed by atoms with Crippen LogP contribution in [0, 0.1) is 0 Å². The van der Waals surface area contributed by atoms with Crippen LogP contribution in [0.4, 0.5) is 5.95 Å². The van der Waals surface area contributed by atoms with Crippen molar-refractivity contribution in [2.75, 3.05) is 32.2 Å². The molecule has 0 saturated carbocycles. The van der Waals surface area contributed by atoms with Crippen molar-refractivity contribution in [3.05, 3.63) is 11.8 Å². The summed E-state index contributed by atoms with van der Waals surface area (Å²) < 4.78 is 9.71. The van der Waals surface area contributed by atoms with Crippen molar-refractivity contribution in [1.29, 1.82) is 0 Å². The number of esters is 1. The Bertz CT molecular complexity index is 416. The molecule has 1 aliphatic heterocycles. The molecule has 1 aromatic heterocycles. The number of methoxy groups -OCH3 is 2. The van der Waals surface area contributed by atoms with Gasteiger partial charge < -0.3 is 14.4 Å². The van der Waals surface area contributed by atoms with E-state index in [1.165, 1.54) is 20.3 Å². The molecular weight excluding hydrogens is 222 g/mol. The van der Waals surface area contributed by atoms with Crippen LogP contribution in [0.1, 0.15) is 23.3 Å². The van der Waals surface area contributed by atoms with Crippen molar-refractivity contribution >= 4 is 11.9 Å². The van der Waals surface area contributed by atoms with E-state index >= 15 is 0 Å². The number of aromatic nitrogens is 2. The van der Waals surface area contributed by atoms with E-state index < -0.39 is 5.97 Å². The molecule has 1 aliphatic rings. The van der Waals surface area contributed by atoms with Crippen LogP contribution in [-0.4, -0.2) is 43.2 Å². The quantitative estimate of drug-likeness (QED) is 0.727. The lowest BCUT2D eigenvalue weighted by atomic mass is 10.4. The highest BCUT2D eigenvalue weighted by Gasteiger charge is 2.19. The van der Waals surface area contributed by atoms with Gasteiger partial charge in [0.2, 0.25) is 11.8 Å². The van der Waals surface area contributed by atoms with Gasteiger partial charge in [-0.15, -0.1) is 0 Å². The lowest BCUT2D eigenvalue weighted by molar-refractivity contribution is 0.0593. The van der Waals surface area contributed by atoms with Gasteiger partial charge in [-0.2, -0.15) is 4.98 Å². The number of carbonyl (C=O) groups is 1. The van der Waals surface area contributed by atoms with Gasteiger partial charge in [0, 0.05) is 19.2 Å². The van der Waals surface area contributed by atoms with Crippen molar-refractivity contribution in [2.45, 2.75) is 12.8 Å². The molecule has 2 rings (SSSR count). The summed E-state index contributed by atoms with van der Waals surface area (Å²) in [4.78, 5) is 21.9. The third-order valence-corrected chi connectivity index (χ3v) is 2.68. The topological polar surface area (TPSA) is 64.6 Å². The molecule has 0 amide bonds. The zero-order valence-electron chi connectivity index (χ0n) is 9.97. The van der Waals surface area contributed by atoms with Crippen LogP contribution < -0.4 is 9.64 Å². The molecule has 6 nitrogen and oxygen atoms in total. The van der Waals surface area contributed by atoms with Crippen molar-refractivity contribution in [3.63, 3.8) is 0 Å². The molecule has 0 aliphatic carbocycles. The summed E-state index contributed by atoms with van der Waals surface area (Å²) in [6.07, 6.45) is 2.24. The van der Waals surface area contributed by atoms with Crippen LogP contribution in [0.5, 0.6) is 5.88 Å². The largest absolute Gasteiger partial charge is 0.481 e. The average Bonchev–Trinajstić information content (AvgIpc) is 2.91. The Hall–Kier alpha value is -1.85. The standard InChI is InChI=1S/C11H15N3O3/c1-16-9-7-8(10(15)17-2)12-11(13-9)14-5-3-4-6-14/h7H,3-6H2,1-2H3. The van der Waals surface area contributed by atoms with Crippen LogP contribution in [-0.2, 0) is 4.74 Å². The van der Waals surface area contributed by atoms with Gasteiger partial charge in [0.05, 0.1) is 14.2 Å². The highest BCUT2D eigenvalue weighted by atomic mass is 16.5. The minimum Gasteiger partial charge on any atom is -0.481 e. The zero-order chi connectivity index (χ0) is 12.3. The number of hydrogen-bond donors (Lipinski definition) is 0. The van der Waals surface area contributed by atoms with E-state index in [1.807, 2.05) is 4.90 Å². The summed E-state index contributed by atoms with van der Waals surface area (Å²) in [5.41, 5.74) is 0.223. The number of anilines is 1. The third-order valence-electron chi connectivity index (χ3n) is 2.68. The summed E-state index contributed by atoms with van der Waals surface area (Å²) in [5, 5.41) is 0. The Labute approximate surface area is 99.6 Å². The number of rotatable bonds is 3. The number of carbonyl (C=O) groups excluding carboxylic acids is 1. The summed E-state index contributed by atoms with van der Waals surface area (Å²) >= 11 is 0. The third kappa shape index (κ3) is 2.46. The van der Waals surface area contributed by atoms with Gasteiger partial charge in [0.15, 0.2) is 5.69 Å². The predicted octanol–water partition coefficient (Wildman–Crippen LogP) is 0.872. The van der Waals surface area contributed by atoms with E-state index in [-0.39, 0.29) is 5.69 Å². The molecule has 92 valence electrons. The van der Waals surface area contributed by atoms with Crippen LogP contribution in [0.25, 0.3) is 0 Å². The molecule has 1 fully saturated rings. The maximum atomic E-state index is 11.5. The lowest BCUT2D eigenvalue weighted by Crippen LogP contribution is -2.22. The Morgan fingerprint density at radius 3 is 2.59 bits per heavy atom. The van der Waals surface area contributed by atoms with E-state index in [1.54, 1.807) is 0 Å². The van der Waals surface area contributed by atoms with Crippen LogP contribution in [0.15, 0.2) is 6.07 Å². The average molecular weight is 237 g/mol. The molecule has 0 radical (unpaired) electrons. The molecule has 0 unspecified atom stereocenters. The van der Waals surface area contributed by atoms with Gasteiger partial charge in [0.25, 0.3) is 0 Å². The molecule has 0 bridgehead atoms. The molecule has 0 N–H and O–H groups in total. The Kier molecular flexibility index (Phi) is 3.41. The maximum absolute atomic E-state index is 11.5. The first-order valence-electron chi connectivity index (χ1n) is 5.51. The summed E-state index contributed by atoms with van der Waals surface area (Å²) in [5.74, 6) is 0.427. The monoisotopic (exact) mass is 237 g/mol. The predicted molar refractivity (Wildman–Crippen MR) is 61.4 cm³/mol. The van der Waals surface area contributed by atoms with Gasteiger partial charge >= 0.3 is 5.97 Å². The minimum atomic E-state index is -0.480. The van der Waals surface area contributed by atoms with Gasteiger partial charge in [-0.05, 0) is 12.8 Å². The first kappa shape index (κ1) is 11.6. The molecule has 1 saturated heterocycles. The fourth-order valence-corrected chi connectivity index (χ4v) is 1.79. The minimum absolute atomic E-state index is 0.223. The molecule has 0 aromatic carbocycles. The first-order valence-corrected chi connectivity index (χ1v) is 5.51. The van der Waals surface area contributed by atoms with Crippen molar-refractivity contribution in [3.8, 4) is 5.88 Å². The normalized spacial score (nSPS) is 14.8. The van der Waals surface area contributed by atoms with Crippen LogP contribution in [0.2, 0.25) is 0 Å². The van der Waals surface area contributed by atoms with E-state index in [2.05, 4.69) is 14.7 Å². The summed E-state index contributed by atoms with van der Waals surface area (Å²) in [6, 6.07) is 1.48. The molecular formula is C11H15N3O3. The van der Waals surface area contributed by atoms with Crippen LogP contribution in [0.3, 0.4) is 0 Å². The van der Waals surface area contributed by atoms with E-state index in [0.29, 0.717) is 11.8 Å². The second-order valence-electron chi connectivity index (χ2n) is 3.78. The Morgan fingerprint density at radius 2 is 2.00 bits per heavy atom.